The van der Waals surface area contributed by atoms with Gasteiger partial charge in [-0.2, -0.15) is 8.42 Å². The minimum atomic E-state index is -4.22. The Kier molecular flexibility index (Phi) is 5.31. The van der Waals surface area contributed by atoms with Gasteiger partial charge < -0.3 is 0 Å². The molecule has 0 fully saturated rings. The van der Waals surface area contributed by atoms with Crippen LogP contribution in [0.1, 0.15) is 38.3 Å². The Labute approximate surface area is 126 Å². The van der Waals surface area contributed by atoms with Gasteiger partial charge in [0.2, 0.25) is 6.33 Å². The van der Waals surface area contributed by atoms with Crippen molar-refractivity contribution in [1.29, 1.82) is 0 Å². The first-order valence-corrected chi connectivity index (χ1v) is 7.82. The highest BCUT2D eigenvalue weighted by atomic mass is 32.2. The molecule has 0 saturated heterocycles. The van der Waals surface area contributed by atoms with Crippen LogP contribution in [-0.4, -0.2) is 17.5 Å². The fourth-order valence-electron chi connectivity index (χ4n) is 2.09. The van der Waals surface area contributed by atoms with E-state index in [1.54, 1.807) is 12.1 Å². The number of nitrogens with zero attached hydrogens (tertiary/aromatic N) is 2. The quantitative estimate of drug-likeness (QED) is 0.696. The molecule has 0 spiro atoms. The third-order valence-electron chi connectivity index (χ3n) is 3.21. The maximum absolute atomic E-state index is 11.6. The Morgan fingerprint density at radius 2 is 2.00 bits per heavy atom. The van der Waals surface area contributed by atoms with E-state index in [1.807, 2.05) is 54.8 Å². The number of hydrogen-bond acceptors (Lipinski definition) is 2. The van der Waals surface area contributed by atoms with Gasteiger partial charge in [0, 0.05) is 5.56 Å². The summed E-state index contributed by atoms with van der Waals surface area (Å²) in [6.07, 6.45) is 5.57. The van der Waals surface area contributed by atoms with E-state index < -0.39 is 10.1 Å². The van der Waals surface area contributed by atoms with Crippen molar-refractivity contribution < 1.29 is 17.5 Å². The maximum Gasteiger partial charge on any atom is 0.294 e. The smallest absolute Gasteiger partial charge is 0.282 e. The molecule has 0 aliphatic rings. The highest BCUT2D eigenvalue weighted by Gasteiger charge is 2.18. The van der Waals surface area contributed by atoms with Gasteiger partial charge in [0.25, 0.3) is 10.1 Å². The van der Waals surface area contributed by atoms with Crippen molar-refractivity contribution in [3.63, 3.8) is 0 Å². The van der Waals surface area contributed by atoms with Gasteiger partial charge in [-0.25, -0.2) is 9.13 Å². The van der Waals surface area contributed by atoms with Crippen LogP contribution in [0.5, 0.6) is 0 Å². The number of benzene rings is 1. The highest BCUT2D eigenvalue weighted by Crippen LogP contribution is 2.23. The monoisotopic (exact) mass is 311 g/mol. The van der Waals surface area contributed by atoms with Crippen LogP contribution in [0.25, 0.3) is 0 Å². The van der Waals surface area contributed by atoms with Crippen LogP contribution < -0.4 is 4.57 Å². The van der Waals surface area contributed by atoms with Crippen molar-refractivity contribution in [1.82, 2.24) is 4.57 Å². The van der Waals surface area contributed by atoms with E-state index in [9.17, 15) is 13.0 Å². The molecule has 6 heteroatoms. The van der Waals surface area contributed by atoms with Gasteiger partial charge in [0.15, 0.2) is 0 Å². The summed E-state index contributed by atoms with van der Waals surface area (Å²) in [6, 6.07) is 5.22. The van der Waals surface area contributed by atoms with Crippen molar-refractivity contribution in [2.45, 2.75) is 38.6 Å². The lowest BCUT2D eigenvalue weighted by molar-refractivity contribution is -0.671. The van der Waals surface area contributed by atoms with Crippen molar-refractivity contribution in [2.24, 2.45) is 7.05 Å². The first-order valence-electron chi connectivity index (χ1n) is 6.38. The van der Waals surface area contributed by atoms with E-state index in [2.05, 4.69) is 0 Å². The Morgan fingerprint density at radius 1 is 1.33 bits per heavy atom. The third-order valence-corrected chi connectivity index (χ3v) is 4.15. The first kappa shape index (κ1) is 17.4. The largest absolute Gasteiger partial charge is 0.294 e. The van der Waals surface area contributed by atoms with E-state index in [-0.39, 0.29) is 18.2 Å². The SMILES string of the molecule is C.CC(C)c1ccc(Cn2cc[n+](C)c2)c(S(=O)(=O)O)c1. The Bertz CT molecular complexity index is 718. The lowest BCUT2D eigenvalue weighted by atomic mass is 10.0. The zero-order valence-electron chi connectivity index (χ0n) is 11.8. The van der Waals surface area contributed by atoms with Crippen LogP contribution in [0.2, 0.25) is 0 Å². The Balaban J connectivity index is 0.00000220. The summed E-state index contributed by atoms with van der Waals surface area (Å²) in [5.74, 6) is 0.203. The lowest BCUT2D eigenvalue weighted by Crippen LogP contribution is -2.23. The summed E-state index contributed by atoms with van der Waals surface area (Å²) in [7, 11) is -2.33. The molecule has 116 valence electrons. The Morgan fingerprint density at radius 3 is 2.48 bits per heavy atom. The molecular weight excluding hydrogens is 288 g/mol. The van der Waals surface area contributed by atoms with Gasteiger partial charge in [-0.05, 0) is 17.5 Å². The molecule has 0 saturated carbocycles. The minimum Gasteiger partial charge on any atom is -0.282 e. The summed E-state index contributed by atoms with van der Waals surface area (Å²) < 4.78 is 36.3. The van der Waals surface area contributed by atoms with E-state index in [0.717, 1.165) is 5.56 Å². The zero-order valence-corrected chi connectivity index (χ0v) is 12.6. The number of imidazole rings is 1. The van der Waals surface area contributed by atoms with E-state index >= 15 is 0 Å². The second-order valence-corrected chi connectivity index (χ2v) is 6.64. The molecule has 0 radical (unpaired) electrons. The highest BCUT2D eigenvalue weighted by molar-refractivity contribution is 7.85. The van der Waals surface area contributed by atoms with Gasteiger partial charge in [0.1, 0.15) is 23.8 Å². The number of hydrogen-bond donors (Lipinski definition) is 1. The molecule has 0 bridgehead atoms. The summed E-state index contributed by atoms with van der Waals surface area (Å²) >= 11 is 0. The molecular formula is C15H23N2O3S+. The van der Waals surface area contributed by atoms with Gasteiger partial charge in [-0.1, -0.05) is 33.4 Å². The topological polar surface area (TPSA) is 63.2 Å². The summed E-state index contributed by atoms with van der Waals surface area (Å²) in [4.78, 5) is -0.0138. The molecule has 0 aliphatic carbocycles. The average Bonchev–Trinajstić information content (AvgIpc) is 2.73. The van der Waals surface area contributed by atoms with Crippen LogP contribution in [0.4, 0.5) is 0 Å². The molecule has 1 heterocycles. The van der Waals surface area contributed by atoms with E-state index in [0.29, 0.717) is 12.1 Å². The lowest BCUT2D eigenvalue weighted by Gasteiger charge is -2.10. The molecule has 0 atom stereocenters. The average molecular weight is 311 g/mol. The normalized spacial score (nSPS) is 11.5. The molecule has 0 aliphatic heterocycles. The van der Waals surface area contributed by atoms with Crippen molar-refractivity contribution in [3.05, 3.63) is 48.0 Å². The standard InChI is InChI=1S/C14H18N2O3S.CH4/c1-11(2)12-4-5-13(14(8-12)20(17,18)19)9-16-7-6-15(3)10-16;/h4-8,10-11H,9H2,1-3H3;1H4/p+1. The molecule has 0 unspecified atom stereocenters. The van der Waals surface area contributed by atoms with Gasteiger partial charge in [-0.15, -0.1) is 0 Å². The first-order chi connectivity index (χ1) is 9.27. The fourth-order valence-corrected chi connectivity index (χ4v) is 2.84. The van der Waals surface area contributed by atoms with Crippen molar-refractivity contribution in [2.75, 3.05) is 0 Å². The van der Waals surface area contributed by atoms with E-state index in [4.69, 9.17) is 0 Å². The van der Waals surface area contributed by atoms with Crippen molar-refractivity contribution >= 4 is 10.1 Å². The molecule has 5 nitrogen and oxygen atoms in total. The predicted octanol–water partition coefficient (Wildman–Crippen LogP) is 2.37. The molecule has 2 rings (SSSR count). The van der Waals surface area contributed by atoms with Gasteiger partial charge in [0.05, 0.1) is 7.05 Å². The second kappa shape index (κ2) is 6.41. The molecule has 1 aromatic carbocycles. The van der Waals surface area contributed by atoms with Gasteiger partial charge in [-0.3, -0.25) is 4.55 Å². The predicted molar refractivity (Wildman–Crippen MR) is 81.8 cm³/mol. The second-order valence-electron chi connectivity index (χ2n) is 5.25. The number of aromatic nitrogens is 2. The van der Waals surface area contributed by atoms with E-state index in [1.165, 1.54) is 0 Å². The summed E-state index contributed by atoms with van der Waals surface area (Å²) in [5.41, 5.74) is 1.47. The van der Waals surface area contributed by atoms with Crippen LogP contribution in [0.15, 0.2) is 41.8 Å². The number of rotatable bonds is 4. The third kappa shape index (κ3) is 4.15. The van der Waals surface area contributed by atoms with Crippen LogP contribution in [-0.2, 0) is 23.7 Å². The fraction of sp³-hybridized carbons (Fsp3) is 0.400. The van der Waals surface area contributed by atoms with Gasteiger partial charge >= 0.3 is 0 Å². The summed E-state index contributed by atoms with van der Waals surface area (Å²) in [6.45, 7) is 4.36. The van der Waals surface area contributed by atoms with Crippen molar-refractivity contribution in [3.8, 4) is 0 Å². The maximum atomic E-state index is 11.6. The molecule has 0 amide bonds. The van der Waals surface area contributed by atoms with Crippen LogP contribution >= 0.6 is 0 Å². The van der Waals surface area contributed by atoms with Crippen LogP contribution in [0.3, 0.4) is 0 Å². The molecule has 2 aromatic rings. The molecule has 1 N–H and O–H groups in total. The van der Waals surface area contributed by atoms with Crippen LogP contribution in [0, 0.1) is 0 Å². The Hall–Kier alpha value is -1.66. The zero-order chi connectivity index (χ0) is 14.9. The number of aryl methyl sites for hydroxylation is 1. The minimum absolute atomic E-state index is 0. The molecule has 21 heavy (non-hydrogen) atoms. The summed E-state index contributed by atoms with van der Waals surface area (Å²) in [5, 5.41) is 0. The molecule has 1 aromatic heterocycles.